The Morgan fingerprint density at radius 1 is 1.35 bits per heavy atom. The fourth-order valence-electron chi connectivity index (χ4n) is 2.06. The van der Waals surface area contributed by atoms with Gasteiger partial charge in [0.15, 0.2) is 0 Å². The first-order valence-corrected chi connectivity index (χ1v) is 6.06. The van der Waals surface area contributed by atoms with Gasteiger partial charge in [0.05, 0.1) is 5.56 Å². The van der Waals surface area contributed by atoms with E-state index in [1.165, 1.54) is 28.9 Å². The van der Waals surface area contributed by atoms with E-state index >= 15 is 0 Å². The quantitative estimate of drug-likeness (QED) is 0.931. The van der Waals surface area contributed by atoms with Gasteiger partial charge in [-0.25, -0.2) is 9.18 Å². The smallest absolute Gasteiger partial charge is 0.360 e. The number of aryl methyl sites for hydroxylation is 1. The number of hydrogen-bond donors (Lipinski definition) is 1. The number of carbonyl (C=O) groups is 1. The lowest BCUT2D eigenvalue weighted by Gasteiger charge is -2.13. The van der Waals surface area contributed by atoms with Crippen LogP contribution in [0.2, 0.25) is 0 Å². The zero-order chi connectivity index (χ0) is 14.9. The van der Waals surface area contributed by atoms with Crippen molar-refractivity contribution >= 4 is 5.97 Å². The molecule has 0 saturated carbocycles. The summed E-state index contributed by atoms with van der Waals surface area (Å²) in [6.07, 6.45) is 0. The average Bonchev–Trinajstić information content (AvgIpc) is 2.41. The van der Waals surface area contributed by atoms with E-state index in [4.69, 9.17) is 5.11 Å². The van der Waals surface area contributed by atoms with Crippen LogP contribution >= 0.6 is 0 Å². The van der Waals surface area contributed by atoms with Crippen LogP contribution in [0.3, 0.4) is 0 Å². The van der Waals surface area contributed by atoms with Gasteiger partial charge in [0, 0.05) is 12.2 Å². The maximum atomic E-state index is 13.0. The number of rotatable bonds is 3. The molecule has 104 valence electrons. The highest BCUT2D eigenvalue weighted by Crippen LogP contribution is 2.20. The van der Waals surface area contributed by atoms with Crippen molar-refractivity contribution in [2.24, 2.45) is 0 Å². The third-order valence-corrected chi connectivity index (χ3v) is 3.05. The molecular weight excluding hydrogens is 263 g/mol. The van der Waals surface area contributed by atoms with E-state index in [1.807, 2.05) is 0 Å². The number of nitrogens with zero attached hydrogens (tertiary/aromatic N) is 2. The van der Waals surface area contributed by atoms with Crippen LogP contribution in [0.15, 0.2) is 29.1 Å². The third kappa shape index (κ3) is 2.32. The molecular formula is C14H13FN2O3. The number of hydrogen-bond acceptors (Lipinski definition) is 3. The molecule has 0 aliphatic heterocycles. The maximum Gasteiger partial charge on any atom is 0.360 e. The Morgan fingerprint density at radius 2 is 1.95 bits per heavy atom. The minimum Gasteiger partial charge on any atom is -0.476 e. The molecule has 0 fully saturated rings. The molecule has 0 aliphatic rings. The standard InChI is InChI=1S/C14H13FN2O3/c1-3-17-8(2)11(9-4-6-10(15)7-5-9)13(18)12(16-17)14(19)20/h4-7H,3H2,1-2H3,(H,19,20). The molecule has 5 nitrogen and oxygen atoms in total. The van der Waals surface area contributed by atoms with E-state index in [1.54, 1.807) is 13.8 Å². The van der Waals surface area contributed by atoms with Crippen molar-refractivity contribution < 1.29 is 14.3 Å². The summed E-state index contributed by atoms with van der Waals surface area (Å²) in [6, 6.07) is 5.35. The molecule has 6 heteroatoms. The normalized spacial score (nSPS) is 10.6. The fraction of sp³-hybridized carbons (Fsp3) is 0.214. The van der Waals surface area contributed by atoms with Gasteiger partial charge in [0.25, 0.3) is 0 Å². The lowest BCUT2D eigenvalue weighted by molar-refractivity contribution is 0.0686. The first kappa shape index (κ1) is 13.9. The molecule has 0 aliphatic carbocycles. The summed E-state index contributed by atoms with van der Waals surface area (Å²) in [5.41, 5.74) is 0.0671. The number of aromatic carboxylic acids is 1. The highest BCUT2D eigenvalue weighted by atomic mass is 19.1. The second kappa shape index (κ2) is 5.24. The third-order valence-electron chi connectivity index (χ3n) is 3.05. The van der Waals surface area contributed by atoms with Crippen molar-refractivity contribution in [3.05, 3.63) is 51.7 Å². The van der Waals surface area contributed by atoms with Crippen LogP contribution in [0.4, 0.5) is 4.39 Å². The molecule has 20 heavy (non-hydrogen) atoms. The number of aromatic nitrogens is 2. The monoisotopic (exact) mass is 276 g/mol. The fourth-order valence-corrected chi connectivity index (χ4v) is 2.06. The Balaban J connectivity index is 2.80. The Morgan fingerprint density at radius 3 is 2.45 bits per heavy atom. The predicted molar refractivity (Wildman–Crippen MR) is 71.3 cm³/mol. The molecule has 0 saturated heterocycles. The first-order chi connectivity index (χ1) is 9.45. The van der Waals surface area contributed by atoms with E-state index < -0.39 is 22.9 Å². The van der Waals surface area contributed by atoms with Crippen LogP contribution in [-0.4, -0.2) is 20.9 Å². The minimum atomic E-state index is -1.37. The van der Waals surface area contributed by atoms with Crippen LogP contribution < -0.4 is 5.43 Å². The Kier molecular flexibility index (Phi) is 3.65. The van der Waals surface area contributed by atoms with Crippen molar-refractivity contribution in [3.8, 4) is 11.1 Å². The van der Waals surface area contributed by atoms with Crippen LogP contribution in [0.25, 0.3) is 11.1 Å². The van der Waals surface area contributed by atoms with E-state index in [-0.39, 0.29) is 5.56 Å². The molecule has 0 bridgehead atoms. The topological polar surface area (TPSA) is 72.2 Å². The first-order valence-electron chi connectivity index (χ1n) is 6.06. The van der Waals surface area contributed by atoms with E-state index in [2.05, 4.69) is 5.10 Å². The molecule has 1 aromatic carbocycles. The Labute approximate surface area is 114 Å². The van der Waals surface area contributed by atoms with E-state index in [9.17, 15) is 14.0 Å². The van der Waals surface area contributed by atoms with Gasteiger partial charge in [-0.15, -0.1) is 0 Å². The largest absolute Gasteiger partial charge is 0.476 e. The van der Waals surface area contributed by atoms with Gasteiger partial charge < -0.3 is 5.11 Å². The SMILES string of the molecule is CCn1nc(C(=O)O)c(=O)c(-c2ccc(F)cc2)c1C. The van der Waals surface area contributed by atoms with Gasteiger partial charge >= 0.3 is 5.97 Å². The number of carboxylic acids is 1. The lowest BCUT2D eigenvalue weighted by Crippen LogP contribution is -2.25. The molecule has 0 unspecified atom stereocenters. The predicted octanol–water partition coefficient (Wildman–Crippen LogP) is 2.08. The molecule has 1 heterocycles. The summed E-state index contributed by atoms with van der Waals surface area (Å²) in [4.78, 5) is 23.3. The molecule has 0 atom stereocenters. The molecule has 0 amide bonds. The van der Waals surface area contributed by atoms with Crippen molar-refractivity contribution in [2.75, 3.05) is 0 Å². The summed E-state index contributed by atoms with van der Waals surface area (Å²) in [6.45, 7) is 3.91. The lowest BCUT2D eigenvalue weighted by atomic mass is 10.0. The van der Waals surface area contributed by atoms with Gasteiger partial charge in [-0.2, -0.15) is 5.10 Å². The molecule has 1 N–H and O–H groups in total. The van der Waals surface area contributed by atoms with E-state index in [0.717, 1.165) is 0 Å². The Hall–Kier alpha value is -2.50. The zero-order valence-electron chi connectivity index (χ0n) is 11.1. The molecule has 2 rings (SSSR count). The summed E-state index contributed by atoms with van der Waals surface area (Å²) in [7, 11) is 0. The van der Waals surface area contributed by atoms with Gasteiger partial charge in [-0.1, -0.05) is 12.1 Å². The van der Waals surface area contributed by atoms with Gasteiger partial charge in [0.1, 0.15) is 5.82 Å². The van der Waals surface area contributed by atoms with Gasteiger partial charge in [-0.05, 0) is 31.5 Å². The number of carboxylic acid groups (broad SMARTS) is 1. The summed E-state index contributed by atoms with van der Waals surface area (Å²) >= 11 is 0. The summed E-state index contributed by atoms with van der Waals surface area (Å²) in [5.74, 6) is -1.80. The van der Waals surface area contributed by atoms with Gasteiger partial charge in [-0.3, -0.25) is 9.48 Å². The second-order valence-electron chi connectivity index (χ2n) is 4.27. The molecule has 0 spiro atoms. The highest BCUT2D eigenvalue weighted by Gasteiger charge is 2.19. The Bertz CT molecular complexity index is 720. The van der Waals surface area contributed by atoms with Crippen LogP contribution in [0, 0.1) is 12.7 Å². The van der Waals surface area contributed by atoms with Crippen LogP contribution in [-0.2, 0) is 6.54 Å². The van der Waals surface area contributed by atoms with Crippen molar-refractivity contribution in [3.63, 3.8) is 0 Å². The molecule has 0 radical (unpaired) electrons. The highest BCUT2D eigenvalue weighted by molar-refractivity contribution is 5.87. The van der Waals surface area contributed by atoms with Crippen LogP contribution in [0.1, 0.15) is 23.1 Å². The zero-order valence-corrected chi connectivity index (χ0v) is 11.1. The molecule has 2 aromatic rings. The van der Waals surface area contributed by atoms with Crippen molar-refractivity contribution in [1.29, 1.82) is 0 Å². The molecule has 1 aromatic heterocycles. The second-order valence-corrected chi connectivity index (χ2v) is 4.27. The number of benzene rings is 1. The number of halogens is 1. The van der Waals surface area contributed by atoms with Crippen molar-refractivity contribution in [1.82, 2.24) is 9.78 Å². The maximum absolute atomic E-state index is 13.0. The van der Waals surface area contributed by atoms with Crippen molar-refractivity contribution in [2.45, 2.75) is 20.4 Å². The van der Waals surface area contributed by atoms with Crippen LogP contribution in [0.5, 0.6) is 0 Å². The van der Waals surface area contributed by atoms with E-state index in [0.29, 0.717) is 17.8 Å². The van der Waals surface area contributed by atoms with Gasteiger partial charge in [0.2, 0.25) is 11.1 Å². The summed E-state index contributed by atoms with van der Waals surface area (Å²) in [5, 5.41) is 12.9. The minimum absolute atomic E-state index is 0.235. The summed E-state index contributed by atoms with van der Waals surface area (Å²) < 4.78 is 14.4. The average molecular weight is 276 g/mol.